The monoisotopic (exact) mass is 375 g/mol. The van der Waals surface area contributed by atoms with E-state index in [0.717, 1.165) is 6.42 Å². The van der Waals surface area contributed by atoms with Crippen LogP contribution in [-0.2, 0) is 16.1 Å². The molecule has 0 bridgehead atoms. The van der Waals surface area contributed by atoms with Crippen molar-refractivity contribution in [3.8, 4) is 0 Å². The number of anilines is 2. The molecule has 3 heterocycles. The lowest BCUT2D eigenvalue weighted by atomic mass is 9.98. The topological polar surface area (TPSA) is 124 Å². The Labute approximate surface area is 155 Å². The van der Waals surface area contributed by atoms with Gasteiger partial charge in [0.25, 0.3) is 0 Å². The van der Waals surface area contributed by atoms with Crippen molar-refractivity contribution in [3.05, 3.63) is 40.6 Å². The fourth-order valence-electron chi connectivity index (χ4n) is 3.10. The molecule has 1 atom stereocenters. The third-order valence-corrected chi connectivity index (χ3v) is 4.34. The van der Waals surface area contributed by atoms with Crippen LogP contribution in [0.2, 0.25) is 0 Å². The highest BCUT2D eigenvalue weighted by atomic mass is 16.6. The number of furan rings is 1. The Balaban J connectivity index is 1.82. The number of hydrogen-bond donors (Lipinski definition) is 1. The Hall–Kier alpha value is -3.17. The second-order valence-electron chi connectivity index (χ2n) is 6.12. The van der Waals surface area contributed by atoms with Crippen molar-refractivity contribution >= 4 is 23.3 Å². The number of carbonyl (C=O) groups excluding carboxylic acids is 1. The van der Waals surface area contributed by atoms with Gasteiger partial charge in [0.1, 0.15) is 12.1 Å². The van der Waals surface area contributed by atoms with Crippen molar-refractivity contribution in [2.75, 3.05) is 29.9 Å². The number of ether oxygens (including phenoxy) is 1. The molecule has 10 nitrogen and oxygen atoms in total. The standard InChI is InChI=1S/C17H21N5O5/c1-2-26-17(23)12-5-3-7-21(10-12)16-14(22(24)25)15(19-11-20-16)18-9-13-6-4-8-27-13/h4,6,8,11-12H,2-3,5,7,9-10H2,1H3,(H,18,19,20). The van der Waals surface area contributed by atoms with Crippen molar-refractivity contribution < 1.29 is 18.9 Å². The summed E-state index contributed by atoms with van der Waals surface area (Å²) in [7, 11) is 0. The Morgan fingerprint density at radius 3 is 3.07 bits per heavy atom. The third kappa shape index (κ3) is 4.33. The molecule has 0 aliphatic carbocycles. The van der Waals surface area contributed by atoms with Gasteiger partial charge in [-0.05, 0) is 31.9 Å². The molecule has 1 saturated heterocycles. The number of nitrogens with one attached hydrogen (secondary N) is 1. The first kappa shape index (κ1) is 18.6. The second-order valence-corrected chi connectivity index (χ2v) is 6.12. The zero-order valence-electron chi connectivity index (χ0n) is 15.0. The van der Waals surface area contributed by atoms with E-state index in [0.29, 0.717) is 31.9 Å². The maximum Gasteiger partial charge on any atom is 0.353 e. The summed E-state index contributed by atoms with van der Waals surface area (Å²) in [6, 6.07) is 3.50. The van der Waals surface area contributed by atoms with Gasteiger partial charge in [0.05, 0.1) is 30.3 Å². The average molecular weight is 375 g/mol. The minimum absolute atomic E-state index is 0.111. The zero-order chi connectivity index (χ0) is 19.2. The summed E-state index contributed by atoms with van der Waals surface area (Å²) >= 11 is 0. The Bertz CT molecular complexity index is 795. The molecule has 0 aromatic carbocycles. The molecule has 2 aromatic rings. The van der Waals surface area contributed by atoms with Gasteiger partial charge < -0.3 is 19.4 Å². The van der Waals surface area contributed by atoms with Crippen LogP contribution in [0.3, 0.4) is 0 Å². The van der Waals surface area contributed by atoms with Crippen LogP contribution in [0.5, 0.6) is 0 Å². The SMILES string of the molecule is CCOC(=O)C1CCCN(c2ncnc(NCc3ccco3)c2[N+](=O)[O-])C1. The smallest absolute Gasteiger partial charge is 0.353 e. The van der Waals surface area contributed by atoms with Crippen molar-refractivity contribution in [2.45, 2.75) is 26.3 Å². The van der Waals surface area contributed by atoms with Crippen LogP contribution in [-0.4, -0.2) is 40.6 Å². The van der Waals surface area contributed by atoms with E-state index in [1.54, 1.807) is 24.0 Å². The number of nitrogens with zero attached hydrogens (tertiary/aromatic N) is 4. The van der Waals surface area contributed by atoms with Gasteiger partial charge in [0, 0.05) is 13.1 Å². The molecule has 0 saturated carbocycles. The van der Waals surface area contributed by atoms with E-state index in [2.05, 4.69) is 15.3 Å². The Kier molecular flexibility index (Phi) is 5.84. The average Bonchev–Trinajstić information content (AvgIpc) is 3.20. The first-order valence-corrected chi connectivity index (χ1v) is 8.77. The number of piperidine rings is 1. The van der Waals surface area contributed by atoms with Gasteiger partial charge in [-0.1, -0.05) is 0 Å². The molecule has 2 aromatic heterocycles. The fraction of sp³-hybridized carbons (Fsp3) is 0.471. The maximum atomic E-state index is 12.1. The van der Waals surface area contributed by atoms with Gasteiger partial charge >= 0.3 is 11.7 Å². The van der Waals surface area contributed by atoms with Gasteiger partial charge in [0.15, 0.2) is 0 Å². The van der Waals surface area contributed by atoms with Crippen molar-refractivity contribution in [2.24, 2.45) is 5.92 Å². The lowest BCUT2D eigenvalue weighted by molar-refractivity contribution is -0.383. The summed E-state index contributed by atoms with van der Waals surface area (Å²) in [5.41, 5.74) is -0.214. The summed E-state index contributed by atoms with van der Waals surface area (Å²) in [5.74, 6) is 0.332. The minimum Gasteiger partial charge on any atom is -0.467 e. The number of rotatable bonds is 7. The molecule has 1 aliphatic heterocycles. The summed E-state index contributed by atoms with van der Waals surface area (Å²) in [4.78, 5) is 33.2. The minimum atomic E-state index is -0.506. The highest BCUT2D eigenvalue weighted by Crippen LogP contribution is 2.34. The fourth-order valence-corrected chi connectivity index (χ4v) is 3.10. The molecule has 0 amide bonds. The van der Waals surface area contributed by atoms with Crippen LogP contribution in [0.25, 0.3) is 0 Å². The van der Waals surface area contributed by atoms with Gasteiger partial charge in [-0.25, -0.2) is 9.97 Å². The van der Waals surface area contributed by atoms with Crippen molar-refractivity contribution in [3.63, 3.8) is 0 Å². The third-order valence-electron chi connectivity index (χ3n) is 4.34. The van der Waals surface area contributed by atoms with Gasteiger partial charge in [-0.2, -0.15) is 0 Å². The highest BCUT2D eigenvalue weighted by Gasteiger charge is 2.33. The van der Waals surface area contributed by atoms with Crippen LogP contribution < -0.4 is 10.2 Å². The number of esters is 1. The number of nitro groups is 1. The molecule has 1 unspecified atom stereocenters. The summed E-state index contributed by atoms with van der Waals surface area (Å²) < 4.78 is 10.3. The largest absolute Gasteiger partial charge is 0.467 e. The van der Waals surface area contributed by atoms with Gasteiger partial charge in [-0.15, -0.1) is 0 Å². The molecule has 144 valence electrons. The van der Waals surface area contributed by atoms with E-state index in [1.807, 2.05) is 0 Å². The van der Waals surface area contributed by atoms with E-state index >= 15 is 0 Å². The zero-order valence-corrected chi connectivity index (χ0v) is 15.0. The van der Waals surface area contributed by atoms with E-state index < -0.39 is 4.92 Å². The van der Waals surface area contributed by atoms with Crippen molar-refractivity contribution in [1.82, 2.24) is 9.97 Å². The van der Waals surface area contributed by atoms with Crippen LogP contribution in [0.15, 0.2) is 29.1 Å². The predicted molar refractivity (Wildman–Crippen MR) is 96.3 cm³/mol. The predicted octanol–water partition coefficient (Wildman–Crippen LogP) is 2.37. The normalized spacial score (nSPS) is 16.8. The molecule has 1 fully saturated rings. The maximum absolute atomic E-state index is 12.1. The molecule has 10 heteroatoms. The number of hydrogen-bond acceptors (Lipinski definition) is 9. The molecule has 0 radical (unpaired) electrons. The quantitative estimate of drug-likeness (QED) is 0.441. The van der Waals surface area contributed by atoms with E-state index in [9.17, 15) is 14.9 Å². The summed E-state index contributed by atoms with van der Waals surface area (Å²) in [6.07, 6.45) is 4.22. The van der Waals surface area contributed by atoms with Crippen molar-refractivity contribution in [1.29, 1.82) is 0 Å². The molecule has 3 rings (SSSR count). The lowest BCUT2D eigenvalue weighted by Gasteiger charge is -2.32. The van der Waals surface area contributed by atoms with E-state index in [1.165, 1.54) is 12.6 Å². The van der Waals surface area contributed by atoms with Crippen LogP contribution in [0, 0.1) is 16.0 Å². The van der Waals surface area contributed by atoms with E-state index in [-0.39, 0.29) is 35.8 Å². The Morgan fingerprint density at radius 1 is 1.52 bits per heavy atom. The summed E-state index contributed by atoms with van der Waals surface area (Å²) in [5, 5.41) is 14.6. The summed E-state index contributed by atoms with van der Waals surface area (Å²) in [6.45, 7) is 3.23. The second kappa shape index (κ2) is 8.47. The molecule has 27 heavy (non-hydrogen) atoms. The Morgan fingerprint density at radius 2 is 2.37 bits per heavy atom. The highest BCUT2D eigenvalue weighted by molar-refractivity contribution is 5.75. The molecule has 1 N–H and O–H groups in total. The lowest BCUT2D eigenvalue weighted by Crippen LogP contribution is -2.40. The van der Waals surface area contributed by atoms with Gasteiger partial charge in [0.2, 0.25) is 11.6 Å². The van der Waals surface area contributed by atoms with Crippen LogP contribution >= 0.6 is 0 Å². The molecule has 1 aliphatic rings. The van der Waals surface area contributed by atoms with Gasteiger partial charge in [-0.3, -0.25) is 14.9 Å². The number of aromatic nitrogens is 2. The molecular formula is C17H21N5O5. The van der Waals surface area contributed by atoms with E-state index in [4.69, 9.17) is 9.15 Å². The van der Waals surface area contributed by atoms with Crippen LogP contribution in [0.1, 0.15) is 25.5 Å². The number of carbonyl (C=O) groups is 1. The first-order chi connectivity index (χ1) is 13.1. The molecular weight excluding hydrogens is 354 g/mol. The molecule has 0 spiro atoms. The van der Waals surface area contributed by atoms with Crippen LogP contribution in [0.4, 0.5) is 17.3 Å². The first-order valence-electron chi connectivity index (χ1n) is 8.77.